The minimum absolute atomic E-state index is 0.272. The van der Waals surface area contributed by atoms with Gasteiger partial charge in [-0.05, 0) is 42.7 Å². The third-order valence-electron chi connectivity index (χ3n) is 3.52. The second kappa shape index (κ2) is 7.97. The minimum Gasteiger partial charge on any atom is -0.493 e. The zero-order chi connectivity index (χ0) is 17.5. The van der Waals surface area contributed by atoms with Crippen molar-refractivity contribution in [2.24, 2.45) is 5.92 Å². The van der Waals surface area contributed by atoms with Crippen LogP contribution in [0.5, 0.6) is 11.5 Å². The van der Waals surface area contributed by atoms with Crippen molar-refractivity contribution in [2.75, 3.05) is 19.5 Å². The molecular weight excluding hydrogens is 306 g/mol. The summed E-state index contributed by atoms with van der Waals surface area (Å²) in [6, 6.07) is 10.9. The van der Waals surface area contributed by atoms with E-state index in [0.717, 1.165) is 11.1 Å². The molecule has 1 amide bonds. The predicted molar refractivity (Wildman–Crippen MR) is 90.0 cm³/mol. The first-order chi connectivity index (χ1) is 11.6. The molecule has 24 heavy (non-hydrogen) atoms. The second-order valence-corrected chi connectivity index (χ2v) is 5.29. The third-order valence-corrected chi connectivity index (χ3v) is 3.52. The smallest absolute Gasteiger partial charge is 0.243 e. The van der Waals surface area contributed by atoms with Crippen LogP contribution in [0.3, 0.4) is 0 Å². The maximum atomic E-state index is 12.3. The van der Waals surface area contributed by atoms with Crippen LogP contribution < -0.4 is 14.8 Å². The number of pyridine rings is 1. The number of ether oxygens (including phenoxy) is 2. The number of benzene rings is 1. The Bertz CT molecular complexity index is 751. The molecule has 2 rings (SSSR count). The Hall–Kier alpha value is -3.07. The van der Waals surface area contributed by atoms with Crippen molar-refractivity contribution in [3.8, 4) is 17.6 Å². The summed E-state index contributed by atoms with van der Waals surface area (Å²) >= 11 is 0. The molecule has 0 saturated carbocycles. The molecule has 0 bridgehead atoms. The van der Waals surface area contributed by atoms with Gasteiger partial charge in [0.1, 0.15) is 11.7 Å². The van der Waals surface area contributed by atoms with Gasteiger partial charge in [0.15, 0.2) is 11.5 Å². The van der Waals surface area contributed by atoms with Crippen LogP contribution in [0.25, 0.3) is 0 Å². The number of aryl methyl sites for hydroxylation is 1. The minimum atomic E-state index is -0.828. The lowest BCUT2D eigenvalue weighted by atomic mass is 9.99. The van der Waals surface area contributed by atoms with Gasteiger partial charge in [-0.15, -0.1) is 0 Å². The topological polar surface area (TPSA) is 84.2 Å². The van der Waals surface area contributed by atoms with Crippen molar-refractivity contribution >= 4 is 11.7 Å². The monoisotopic (exact) mass is 325 g/mol. The summed E-state index contributed by atoms with van der Waals surface area (Å²) in [4.78, 5) is 16.4. The summed E-state index contributed by atoms with van der Waals surface area (Å²) in [6.07, 6.45) is 1.93. The second-order valence-electron chi connectivity index (χ2n) is 5.29. The van der Waals surface area contributed by atoms with E-state index < -0.39 is 5.92 Å². The number of amides is 1. The highest BCUT2D eigenvalue weighted by Crippen LogP contribution is 2.28. The lowest BCUT2D eigenvalue weighted by Gasteiger charge is -2.12. The quantitative estimate of drug-likeness (QED) is 0.883. The van der Waals surface area contributed by atoms with E-state index in [0.29, 0.717) is 17.3 Å². The molecule has 1 N–H and O–H groups in total. The van der Waals surface area contributed by atoms with Crippen molar-refractivity contribution in [1.82, 2.24) is 4.98 Å². The zero-order valence-corrected chi connectivity index (χ0v) is 13.9. The van der Waals surface area contributed by atoms with E-state index in [2.05, 4.69) is 10.3 Å². The van der Waals surface area contributed by atoms with E-state index in [1.54, 1.807) is 38.6 Å². The molecule has 0 fully saturated rings. The Balaban J connectivity index is 2.10. The predicted octanol–water partition coefficient (Wildman–Crippen LogP) is 2.73. The van der Waals surface area contributed by atoms with Gasteiger partial charge in [0.2, 0.25) is 5.91 Å². The van der Waals surface area contributed by atoms with E-state index >= 15 is 0 Å². The molecule has 0 saturated heterocycles. The highest BCUT2D eigenvalue weighted by atomic mass is 16.5. The molecule has 0 spiro atoms. The average Bonchev–Trinajstić information content (AvgIpc) is 2.61. The molecule has 1 heterocycles. The summed E-state index contributed by atoms with van der Waals surface area (Å²) in [7, 11) is 3.09. The molecule has 0 aliphatic rings. The van der Waals surface area contributed by atoms with E-state index in [9.17, 15) is 10.1 Å². The number of nitrogens with one attached hydrogen (secondary N) is 1. The Morgan fingerprint density at radius 1 is 1.25 bits per heavy atom. The molecule has 124 valence electrons. The first-order valence-electron chi connectivity index (χ1n) is 7.41. The van der Waals surface area contributed by atoms with Gasteiger partial charge in [0.25, 0.3) is 0 Å². The molecule has 6 nitrogen and oxygen atoms in total. The zero-order valence-electron chi connectivity index (χ0n) is 13.9. The normalized spacial score (nSPS) is 11.2. The summed E-state index contributed by atoms with van der Waals surface area (Å²) in [5.41, 5.74) is 1.81. The van der Waals surface area contributed by atoms with E-state index in [4.69, 9.17) is 9.47 Å². The summed E-state index contributed by atoms with van der Waals surface area (Å²) in [5, 5.41) is 12.0. The standard InChI is InChI=1S/C18H19N3O3/c1-12-4-7-17(20-11-12)21-18(22)14(10-19)8-13-5-6-15(23-2)16(9-13)24-3/h4-7,9,11,14H,8H2,1-3H3,(H,20,21,22). The molecule has 2 aromatic rings. The van der Waals surface area contributed by atoms with Crippen LogP contribution in [-0.2, 0) is 11.2 Å². The number of methoxy groups -OCH3 is 2. The van der Waals surface area contributed by atoms with Gasteiger partial charge in [-0.1, -0.05) is 12.1 Å². The van der Waals surface area contributed by atoms with Crippen LogP contribution in [0.1, 0.15) is 11.1 Å². The van der Waals surface area contributed by atoms with Gasteiger partial charge in [0.05, 0.1) is 20.3 Å². The molecular formula is C18H19N3O3. The van der Waals surface area contributed by atoms with Crippen LogP contribution >= 0.6 is 0 Å². The number of anilines is 1. The maximum Gasteiger partial charge on any atom is 0.243 e. The van der Waals surface area contributed by atoms with Crippen LogP contribution in [0.2, 0.25) is 0 Å². The van der Waals surface area contributed by atoms with Crippen molar-refractivity contribution in [2.45, 2.75) is 13.3 Å². The van der Waals surface area contributed by atoms with Crippen molar-refractivity contribution in [3.63, 3.8) is 0 Å². The number of aromatic nitrogens is 1. The molecule has 0 radical (unpaired) electrons. The molecule has 1 aromatic heterocycles. The van der Waals surface area contributed by atoms with Gasteiger partial charge in [-0.3, -0.25) is 4.79 Å². The first-order valence-corrected chi connectivity index (χ1v) is 7.41. The molecule has 1 atom stereocenters. The fraction of sp³-hybridized carbons (Fsp3) is 0.278. The van der Waals surface area contributed by atoms with Crippen LogP contribution in [-0.4, -0.2) is 25.1 Å². The van der Waals surface area contributed by atoms with E-state index in [1.165, 1.54) is 0 Å². The molecule has 0 aliphatic carbocycles. The van der Waals surface area contributed by atoms with Gasteiger partial charge in [-0.2, -0.15) is 5.26 Å². The number of carbonyl (C=O) groups excluding carboxylic acids is 1. The van der Waals surface area contributed by atoms with Crippen LogP contribution in [0, 0.1) is 24.2 Å². The summed E-state index contributed by atoms with van der Waals surface area (Å²) < 4.78 is 10.4. The van der Waals surface area contributed by atoms with Gasteiger partial charge in [-0.25, -0.2) is 4.98 Å². The van der Waals surface area contributed by atoms with Gasteiger partial charge in [0, 0.05) is 6.20 Å². The number of carbonyl (C=O) groups is 1. The summed E-state index contributed by atoms with van der Waals surface area (Å²) in [6.45, 7) is 1.91. The maximum absolute atomic E-state index is 12.3. The Kier molecular flexibility index (Phi) is 5.74. The van der Waals surface area contributed by atoms with Gasteiger partial charge < -0.3 is 14.8 Å². The SMILES string of the molecule is COc1ccc(CC(C#N)C(=O)Nc2ccc(C)cn2)cc1OC. The van der Waals surface area contributed by atoms with Crippen molar-refractivity contribution in [1.29, 1.82) is 5.26 Å². The first kappa shape index (κ1) is 17.3. The largest absolute Gasteiger partial charge is 0.493 e. The Labute approximate surface area is 141 Å². The molecule has 6 heteroatoms. The lowest BCUT2D eigenvalue weighted by molar-refractivity contribution is -0.118. The number of hydrogen-bond donors (Lipinski definition) is 1. The number of hydrogen-bond acceptors (Lipinski definition) is 5. The fourth-order valence-corrected chi connectivity index (χ4v) is 2.20. The lowest BCUT2D eigenvalue weighted by Crippen LogP contribution is -2.24. The molecule has 0 aliphatic heterocycles. The highest BCUT2D eigenvalue weighted by Gasteiger charge is 2.20. The Morgan fingerprint density at radius 2 is 2.00 bits per heavy atom. The average molecular weight is 325 g/mol. The molecule has 1 unspecified atom stereocenters. The number of rotatable bonds is 6. The Morgan fingerprint density at radius 3 is 2.58 bits per heavy atom. The number of nitriles is 1. The van der Waals surface area contributed by atoms with Crippen LogP contribution in [0.15, 0.2) is 36.5 Å². The van der Waals surface area contributed by atoms with E-state index in [1.807, 2.05) is 25.1 Å². The van der Waals surface area contributed by atoms with Crippen molar-refractivity contribution < 1.29 is 14.3 Å². The summed E-state index contributed by atoms with van der Waals surface area (Å²) in [5.74, 6) is 0.378. The number of nitrogens with zero attached hydrogens (tertiary/aromatic N) is 2. The van der Waals surface area contributed by atoms with Gasteiger partial charge >= 0.3 is 0 Å². The molecule has 1 aromatic carbocycles. The van der Waals surface area contributed by atoms with Crippen molar-refractivity contribution in [3.05, 3.63) is 47.7 Å². The fourth-order valence-electron chi connectivity index (χ4n) is 2.20. The third kappa shape index (κ3) is 4.23. The van der Waals surface area contributed by atoms with E-state index in [-0.39, 0.29) is 12.3 Å². The highest BCUT2D eigenvalue weighted by molar-refractivity contribution is 5.93. The van der Waals surface area contributed by atoms with Crippen LogP contribution in [0.4, 0.5) is 5.82 Å².